The van der Waals surface area contributed by atoms with Gasteiger partial charge in [-0.15, -0.1) is 0 Å². The van der Waals surface area contributed by atoms with E-state index < -0.39 is 37.3 Å². The Morgan fingerprint density at radius 3 is 2.77 bits per heavy atom. The molecule has 15 heteroatoms. The van der Waals surface area contributed by atoms with Gasteiger partial charge in [-0.05, 0) is 44.0 Å². The van der Waals surface area contributed by atoms with Gasteiger partial charge < -0.3 is 19.5 Å². The van der Waals surface area contributed by atoms with Crippen LogP contribution >= 0.6 is 0 Å². The average molecular weight is 578 g/mol. The number of amides is 1. The lowest BCUT2D eigenvalue weighted by Crippen LogP contribution is -2.32. The summed E-state index contributed by atoms with van der Waals surface area (Å²) in [7, 11) is -2.92. The van der Waals surface area contributed by atoms with Crippen LogP contribution in [0.4, 0.5) is 10.1 Å². The van der Waals surface area contributed by atoms with Crippen LogP contribution in [0.2, 0.25) is 0 Å². The normalized spacial score (nSPS) is 15.2. The number of nitrogens with one attached hydrogen (secondary N) is 2. The summed E-state index contributed by atoms with van der Waals surface area (Å²) in [6, 6.07) is 8.41. The lowest BCUT2D eigenvalue weighted by Gasteiger charge is -2.14. The fraction of sp³-hybridized carbons (Fsp3) is 0.360. The average Bonchev–Trinajstić information content (AvgIpc) is 3.56. The van der Waals surface area contributed by atoms with E-state index in [1.54, 1.807) is 0 Å². The van der Waals surface area contributed by atoms with E-state index in [4.69, 9.17) is 14.2 Å². The van der Waals surface area contributed by atoms with Gasteiger partial charge in [-0.25, -0.2) is 17.5 Å². The molecule has 13 nitrogen and oxygen atoms in total. The van der Waals surface area contributed by atoms with Gasteiger partial charge >= 0.3 is 0 Å². The van der Waals surface area contributed by atoms with E-state index in [2.05, 4.69) is 15.1 Å². The fourth-order valence-electron chi connectivity index (χ4n) is 4.06. The van der Waals surface area contributed by atoms with E-state index in [-0.39, 0.29) is 54.4 Å². The topological polar surface area (TPSA) is 164 Å². The number of halogens is 1. The number of methoxy groups -OCH3 is 1. The van der Waals surface area contributed by atoms with E-state index in [9.17, 15) is 27.7 Å². The van der Waals surface area contributed by atoms with Crippen LogP contribution in [0, 0.1) is 22.9 Å². The quantitative estimate of drug-likeness (QED) is 0.187. The van der Waals surface area contributed by atoms with Crippen molar-refractivity contribution in [2.75, 3.05) is 33.4 Å². The summed E-state index contributed by atoms with van der Waals surface area (Å²) >= 11 is 0. The SMILES string of the molecule is COCCNS(=O)(=O)c1cc([N+](=O)[O-])ccc1Oc1c(C)c(C(=O)NC[C@H]2CCCO2)nn1-c1cccc(F)c1. The minimum Gasteiger partial charge on any atom is -0.437 e. The number of carbonyl (C=O) groups is 1. The molecule has 2 N–H and O–H groups in total. The second-order valence-corrected chi connectivity index (χ2v) is 10.6. The van der Waals surface area contributed by atoms with Crippen molar-refractivity contribution in [1.29, 1.82) is 0 Å². The molecule has 2 heterocycles. The summed E-state index contributed by atoms with van der Waals surface area (Å²) in [5.41, 5.74) is -0.102. The second-order valence-electron chi connectivity index (χ2n) is 8.90. The van der Waals surface area contributed by atoms with Crippen molar-refractivity contribution < 1.29 is 36.7 Å². The summed E-state index contributed by atoms with van der Waals surface area (Å²) < 4.78 is 60.2. The lowest BCUT2D eigenvalue weighted by atomic mass is 10.2. The number of nitro groups is 1. The van der Waals surface area contributed by atoms with Gasteiger partial charge in [0.05, 0.1) is 23.3 Å². The molecule has 4 rings (SSSR count). The molecule has 0 spiro atoms. The highest BCUT2D eigenvalue weighted by atomic mass is 32.2. The minimum absolute atomic E-state index is 0.0400. The maximum atomic E-state index is 14.1. The van der Waals surface area contributed by atoms with Crippen molar-refractivity contribution in [1.82, 2.24) is 19.8 Å². The number of benzene rings is 2. The third kappa shape index (κ3) is 6.62. The van der Waals surface area contributed by atoms with Gasteiger partial charge in [0.15, 0.2) is 5.69 Å². The van der Waals surface area contributed by atoms with Crippen LogP contribution in [0.25, 0.3) is 5.69 Å². The van der Waals surface area contributed by atoms with Crippen LogP contribution in [-0.2, 0) is 19.5 Å². The number of rotatable bonds is 12. The first-order valence-corrected chi connectivity index (χ1v) is 13.8. The zero-order valence-electron chi connectivity index (χ0n) is 21.8. The fourth-order valence-corrected chi connectivity index (χ4v) is 5.22. The predicted octanol–water partition coefficient (Wildman–Crippen LogP) is 2.85. The van der Waals surface area contributed by atoms with Crippen LogP contribution in [0.1, 0.15) is 28.9 Å². The molecule has 1 aliphatic rings. The Labute approximate surface area is 229 Å². The molecular formula is C25H28FN5O8S. The van der Waals surface area contributed by atoms with E-state index in [0.717, 1.165) is 41.8 Å². The summed E-state index contributed by atoms with van der Waals surface area (Å²) in [6.07, 6.45) is 1.58. The molecule has 1 atom stereocenters. The number of nitro benzene ring substituents is 1. The third-order valence-corrected chi connectivity index (χ3v) is 7.57. The molecule has 1 saturated heterocycles. The zero-order valence-corrected chi connectivity index (χ0v) is 22.6. The molecule has 40 heavy (non-hydrogen) atoms. The van der Waals surface area contributed by atoms with Gasteiger partial charge in [0.2, 0.25) is 15.9 Å². The number of carbonyl (C=O) groups excluding carboxylic acids is 1. The van der Waals surface area contributed by atoms with Crippen LogP contribution in [0.5, 0.6) is 11.6 Å². The maximum Gasteiger partial charge on any atom is 0.272 e. The van der Waals surface area contributed by atoms with Crippen molar-refractivity contribution in [2.24, 2.45) is 0 Å². The molecule has 0 aliphatic carbocycles. The number of aromatic nitrogens is 2. The summed E-state index contributed by atoms with van der Waals surface area (Å²) in [5.74, 6) is -1.48. The molecule has 2 aromatic carbocycles. The Hall–Kier alpha value is -3.92. The number of non-ortho nitro benzene ring substituents is 1. The number of hydrogen-bond donors (Lipinski definition) is 2. The van der Waals surface area contributed by atoms with Crippen LogP contribution in [0.3, 0.4) is 0 Å². The first-order chi connectivity index (χ1) is 19.1. The van der Waals surface area contributed by atoms with Crippen molar-refractivity contribution in [3.63, 3.8) is 0 Å². The van der Waals surface area contributed by atoms with Gasteiger partial charge in [-0.1, -0.05) is 6.07 Å². The molecule has 3 aromatic rings. The summed E-state index contributed by atoms with van der Waals surface area (Å²) in [4.78, 5) is 23.2. The van der Waals surface area contributed by atoms with Gasteiger partial charge in [-0.2, -0.15) is 9.78 Å². The van der Waals surface area contributed by atoms with Crippen LogP contribution in [-0.4, -0.2) is 68.5 Å². The zero-order chi connectivity index (χ0) is 28.9. The number of hydrogen-bond acceptors (Lipinski definition) is 9. The minimum atomic E-state index is -4.31. The summed E-state index contributed by atoms with van der Waals surface area (Å²) in [6.45, 7) is 2.37. The number of nitrogens with zero attached hydrogens (tertiary/aromatic N) is 3. The van der Waals surface area contributed by atoms with E-state index in [1.807, 2.05) is 0 Å². The Morgan fingerprint density at radius 2 is 2.10 bits per heavy atom. The van der Waals surface area contributed by atoms with Gasteiger partial charge in [0, 0.05) is 44.5 Å². The molecule has 1 aliphatic heterocycles. The van der Waals surface area contributed by atoms with E-state index in [0.29, 0.717) is 6.61 Å². The molecule has 0 saturated carbocycles. The molecule has 214 valence electrons. The lowest BCUT2D eigenvalue weighted by molar-refractivity contribution is -0.385. The van der Waals surface area contributed by atoms with Crippen molar-refractivity contribution >= 4 is 21.6 Å². The number of ether oxygens (including phenoxy) is 3. The van der Waals surface area contributed by atoms with Crippen molar-refractivity contribution in [3.05, 3.63) is 69.7 Å². The molecular weight excluding hydrogens is 549 g/mol. The van der Waals surface area contributed by atoms with Gasteiger partial charge in [0.1, 0.15) is 16.5 Å². The van der Waals surface area contributed by atoms with Gasteiger partial charge in [-0.3, -0.25) is 14.9 Å². The van der Waals surface area contributed by atoms with Crippen LogP contribution in [0.15, 0.2) is 47.4 Å². The first kappa shape index (κ1) is 29.1. The molecule has 1 aromatic heterocycles. The van der Waals surface area contributed by atoms with E-state index in [1.165, 1.54) is 32.2 Å². The standard InChI is InChI=1S/C25H28FN5O8S/c1-16-23(24(32)27-15-20-7-4-11-38-20)29-30(18-6-3-5-17(26)13-18)25(16)39-21-9-8-19(31(33)34)14-22(21)40(35,36)28-10-12-37-2/h3,5-6,8-9,13-14,20,28H,4,7,10-12,15H2,1-2H3,(H,27,32)/t20-/m1/s1. The molecule has 1 fully saturated rings. The Kier molecular flexibility index (Phi) is 9.09. The summed E-state index contributed by atoms with van der Waals surface area (Å²) in [5, 5.41) is 18.5. The number of sulfonamides is 1. The molecule has 0 bridgehead atoms. The monoisotopic (exact) mass is 577 g/mol. The first-order valence-electron chi connectivity index (χ1n) is 12.3. The Balaban J connectivity index is 1.77. The highest BCUT2D eigenvalue weighted by molar-refractivity contribution is 7.89. The molecule has 0 radical (unpaired) electrons. The maximum absolute atomic E-state index is 14.1. The van der Waals surface area contributed by atoms with E-state index >= 15 is 0 Å². The van der Waals surface area contributed by atoms with Crippen molar-refractivity contribution in [2.45, 2.75) is 30.8 Å². The highest BCUT2D eigenvalue weighted by Gasteiger charge is 2.28. The molecule has 1 amide bonds. The Bertz CT molecular complexity index is 1500. The predicted molar refractivity (Wildman–Crippen MR) is 140 cm³/mol. The van der Waals surface area contributed by atoms with Crippen LogP contribution < -0.4 is 14.8 Å². The van der Waals surface area contributed by atoms with Crippen molar-refractivity contribution in [3.8, 4) is 17.3 Å². The largest absolute Gasteiger partial charge is 0.437 e. The van der Waals surface area contributed by atoms with Gasteiger partial charge in [0.25, 0.3) is 11.6 Å². The second kappa shape index (κ2) is 12.5. The molecule has 0 unspecified atom stereocenters. The highest BCUT2D eigenvalue weighted by Crippen LogP contribution is 2.35. The third-order valence-electron chi connectivity index (χ3n) is 6.08. The Morgan fingerprint density at radius 1 is 1.30 bits per heavy atom. The smallest absolute Gasteiger partial charge is 0.272 e.